The molecule has 0 unspecified atom stereocenters. The Kier molecular flexibility index (Phi) is 17.5. The van der Waals surface area contributed by atoms with Crippen molar-refractivity contribution >= 4 is 0 Å². The van der Waals surface area contributed by atoms with E-state index >= 15 is 0 Å². The molecule has 0 saturated heterocycles. The molecule has 0 spiro atoms. The summed E-state index contributed by atoms with van der Waals surface area (Å²) < 4.78 is 0. The van der Waals surface area contributed by atoms with E-state index in [2.05, 4.69) is 35.3 Å². The third-order valence-electron chi connectivity index (χ3n) is 1.74. The first-order valence-corrected chi connectivity index (χ1v) is 5.02. The molecule has 0 radical (unpaired) electrons. The first kappa shape index (κ1) is 16.7. The molecule has 2 nitrogen and oxygen atoms in total. The minimum atomic E-state index is 0. The summed E-state index contributed by atoms with van der Waals surface area (Å²) in [6.07, 6.45) is 6.17. The minimum Gasteiger partial charge on any atom is -1.00 e. The van der Waals surface area contributed by atoms with Gasteiger partial charge in [0, 0.05) is 13.1 Å². The van der Waals surface area contributed by atoms with Gasteiger partial charge >= 0.3 is 0 Å². The fourth-order valence-electron chi connectivity index (χ4n) is 0.993. The van der Waals surface area contributed by atoms with Crippen LogP contribution in [0.4, 0.5) is 0 Å². The molecule has 0 aliphatic heterocycles. The summed E-state index contributed by atoms with van der Waals surface area (Å²) >= 11 is 0. The van der Waals surface area contributed by atoms with Gasteiger partial charge in [-0.15, -0.1) is 11.5 Å². The summed E-state index contributed by atoms with van der Waals surface area (Å²) in [5.74, 6) is 0. The average Bonchev–Trinajstić information content (AvgIpc) is 2.21. The summed E-state index contributed by atoms with van der Waals surface area (Å²) in [7, 11) is 0. The van der Waals surface area contributed by atoms with Gasteiger partial charge in [0.1, 0.15) is 0 Å². The third kappa shape index (κ3) is 16.0. The molecule has 0 bridgehead atoms. The van der Waals surface area contributed by atoms with E-state index in [-0.39, 0.29) is 12.4 Å². The van der Waals surface area contributed by atoms with E-state index in [1.165, 1.54) is 12.8 Å². The standard InChI is InChI=1S/C12H20N2.ClH/c1-3-5-9-13-11-7-8-12-14-10-6-4-2;/h5-6,13-14H,1-2,7-12H2;1H/p-1. The van der Waals surface area contributed by atoms with Crippen LogP contribution in [0, 0.1) is 0 Å². The lowest BCUT2D eigenvalue weighted by atomic mass is 10.3. The van der Waals surface area contributed by atoms with Crippen LogP contribution < -0.4 is 23.0 Å². The number of halogens is 1. The van der Waals surface area contributed by atoms with E-state index in [0.29, 0.717) is 0 Å². The largest absolute Gasteiger partial charge is 1.00 e. The highest BCUT2D eigenvalue weighted by atomic mass is 35.5. The van der Waals surface area contributed by atoms with Gasteiger partial charge < -0.3 is 23.0 Å². The van der Waals surface area contributed by atoms with E-state index in [1.807, 2.05) is 12.2 Å². The zero-order valence-electron chi connectivity index (χ0n) is 9.19. The Bertz CT molecular complexity index is 190. The van der Waals surface area contributed by atoms with Crippen LogP contribution in [-0.2, 0) is 0 Å². The van der Waals surface area contributed by atoms with E-state index in [9.17, 15) is 0 Å². The minimum absolute atomic E-state index is 0. The molecule has 0 aliphatic carbocycles. The van der Waals surface area contributed by atoms with Gasteiger partial charge in [0.05, 0.1) is 0 Å². The molecule has 2 N–H and O–H groups in total. The van der Waals surface area contributed by atoms with Crippen LogP contribution >= 0.6 is 0 Å². The van der Waals surface area contributed by atoms with Crippen molar-refractivity contribution in [3.63, 3.8) is 0 Å². The highest BCUT2D eigenvalue weighted by molar-refractivity contribution is 4.78. The Labute approximate surface area is 99.2 Å². The van der Waals surface area contributed by atoms with E-state index < -0.39 is 0 Å². The zero-order chi connectivity index (χ0) is 10.5. The zero-order valence-corrected chi connectivity index (χ0v) is 9.95. The average molecular weight is 228 g/mol. The number of hydrogen-bond donors (Lipinski definition) is 2. The van der Waals surface area contributed by atoms with Crippen molar-refractivity contribution in [2.24, 2.45) is 0 Å². The molecule has 0 atom stereocenters. The van der Waals surface area contributed by atoms with Crippen LogP contribution in [0.2, 0.25) is 0 Å². The Hall–Kier alpha value is -0.750. The summed E-state index contributed by atoms with van der Waals surface area (Å²) in [5.41, 5.74) is 5.45. The fraction of sp³-hybridized carbons (Fsp3) is 0.500. The highest BCUT2D eigenvalue weighted by Gasteiger charge is 1.86. The van der Waals surface area contributed by atoms with Crippen molar-refractivity contribution in [3.05, 3.63) is 36.8 Å². The Morgan fingerprint density at radius 1 is 0.867 bits per heavy atom. The van der Waals surface area contributed by atoms with E-state index in [0.717, 1.165) is 26.2 Å². The smallest absolute Gasteiger partial charge is 0.0209 e. The molecule has 3 heteroatoms. The quantitative estimate of drug-likeness (QED) is 0.375. The third-order valence-corrected chi connectivity index (χ3v) is 1.74. The van der Waals surface area contributed by atoms with Gasteiger partial charge in [0.2, 0.25) is 0 Å². The predicted octanol–water partition coefficient (Wildman–Crippen LogP) is -1.37. The molecule has 0 aromatic carbocycles. The van der Waals surface area contributed by atoms with Gasteiger partial charge in [0.15, 0.2) is 0 Å². The van der Waals surface area contributed by atoms with Crippen LogP contribution in [0.15, 0.2) is 36.8 Å². The second kappa shape index (κ2) is 15.7. The van der Waals surface area contributed by atoms with Gasteiger partial charge in [-0.25, -0.2) is 0 Å². The number of hydrogen-bond acceptors (Lipinski definition) is 2. The molecule has 0 amide bonds. The normalized spacial score (nSPS) is 8.27. The molecular formula is C12H20ClN2-. The maximum Gasteiger partial charge on any atom is 0.0209 e. The number of unbranched alkanes of at least 4 members (excludes halogenated alkanes) is 1. The van der Waals surface area contributed by atoms with Crippen molar-refractivity contribution in [2.75, 3.05) is 26.2 Å². The van der Waals surface area contributed by atoms with Crippen molar-refractivity contribution in [1.29, 1.82) is 0 Å². The fourth-order valence-corrected chi connectivity index (χ4v) is 0.993. The van der Waals surface area contributed by atoms with Crippen molar-refractivity contribution in [2.45, 2.75) is 12.8 Å². The molecule has 0 aromatic heterocycles. The van der Waals surface area contributed by atoms with E-state index in [4.69, 9.17) is 0 Å². The summed E-state index contributed by atoms with van der Waals surface area (Å²) in [6, 6.07) is 0. The number of nitrogens with one attached hydrogen (secondary N) is 2. The lowest BCUT2D eigenvalue weighted by Crippen LogP contribution is -3.00. The first-order valence-electron chi connectivity index (χ1n) is 5.02. The maximum atomic E-state index is 3.49. The molecule has 0 heterocycles. The topological polar surface area (TPSA) is 24.1 Å². The SMILES string of the molecule is C=C=CCNCCCCNCC=C=C.[Cl-]. The molecular weight excluding hydrogens is 208 g/mol. The van der Waals surface area contributed by atoms with Crippen LogP contribution in [0.25, 0.3) is 0 Å². The molecule has 0 saturated carbocycles. The van der Waals surface area contributed by atoms with Crippen LogP contribution in [0.5, 0.6) is 0 Å². The van der Waals surface area contributed by atoms with Crippen molar-refractivity contribution in [1.82, 2.24) is 10.6 Å². The lowest BCUT2D eigenvalue weighted by Gasteiger charge is -2.02. The van der Waals surface area contributed by atoms with Gasteiger partial charge in [-0.3, -0.25) is 0 Å². The highest BCUT2D eigenvalue weighted by Crippen LogP contribution is 1.83. The molecule has 0 rings (SSSR count). The second-order valence-corrected chi connectivity index (χ2v) is 2.93. The first-order chi connectivity index (χ1) is 6.91. The van der Waals surface area contributed by atoms with Crippen LogP contribution in [0.1, 0.15) is 12.8 Å². The van der Waals surface area contributed by atoms with Gasteiger partial charge in [-0.2, -0.15) is 0 Å². The molecule has 15 heavy (non-hydrogen) atoms. The van der Waals surface area contributed by atoms with Gasteiger partial charge in [-0.1, -0.05) is 13.2 Å². The molecule has 0 aliphatic rings. The predicted molar refractivity (Wildman–Crippen MR) is 62.4 cm³/mol. The monoisotopic (exact) mass is 227 g/mol. The summed E-state index contributed by atoms with van der Waals surface area (Å²) in [6.45, 7) is 10.8. The molecule has 0 fully saturated rings. The van der Waals surface area contributed by atoms with Crippen molar-refractivity contribution in [3.8, 4) is 0 Å². The second-order valence-electron chi connectivity index (χ2n) is 2.93. The summed E-state index contributed by atoms with van der Waals surface area (Å²) in [5, 5.41) is 6.54. The summed E-state index contributed by atoms with van der Waals surface area (Å²) in [4.78, 5) is 0. The Morgan fingerprint density at radius 3 is 1.60 bits per heavy atom. The lowest BCUT2D eigenvalue weighted by molar-refractivity contribution is -0.00000304. The number of rotatable bonds is 9. The molecule has 86 valence electrons. The van der Waals surface area contributed by atoms with Crippen LogP contribution in [-0.4, -0.2) is 26.2 Å². The molecule has 0 aromatic rings. The Morgan fingerprint density at radius 2 is 1.27 bits per heavy atom. The van der Waals surface area contributed by atoms with Gasteiger partial charge in [0.25, 0.3) is 0 Å². The maximum absolute atomic E-state index is 3.49. The Balaban J connectivity index is 0. The van der Waals surface area contributed by atoms with E-state index in [1.54, 1.807) is 0 Å². The van der Waals surface area contributed by atoms with Crippen LogP contribution in [0.3, 0.4) is 0 Å². The van der Waals surface area contributed by atoms with Crippen molar-refractivity contribution < 1.29 is 12.4 Å². The van der Waals surface area contributed by atoms with Gasteiger partial charge in [-0.05, 0) is 38.1 Å².